The first-order valence-corrected chi connectivity index (χ1v) is 6.84. The molecule has 1 aromatic heterocycles. The first-order chi connectivity index (χ1) is 8.69. The summed E-state index contributed by atoms with van der Waals surface area (Å²) in [5, 5.41) is 4.32. The molecule has 0 aliphatic carbocycles. The van der Waals surface area contributed by atoms with Gasteiger partial charge in [0.25, 0.3) is 0 Å². The van der Waals surface area contributed by atoms with E-state index in [1.807, 2.05) is 23.1 Å². The third-order valence-corrected chi connectivity index (χ3v) is 3.39. The van der Waals surface area contributed by atoms with Gasteiger partial charge in [-0.15, -0.1) is 0 Å². The van der Waals surface area contributed by atoms with Crippen molar-refractivity contribution in [1.29, 1.82) is 0 Å². The Morgan fingerprint density at radius 1 is 0.895 bits per heavy atom. The van der Waals surface area contributed by atoms with E-state index in [1.54, 1.807) is 0 Å². The van der Waals surface area contributed by atoms with Crippen LogP contribution in [0, 0.1) is 0 Å². The molecule has 0 radical (unpaired) electrons. The predicted molar refractivity (Wildman–Crippen MR) is 81.0 cm³/mol. The van der Waals surface area contributed by atoms with Crippen molar-refractivity contribution in [2.45, 2.75) is 52.4 Å². The molecule has 0 bridgehead atoms. The number of hydrogen-bond acceptors (Lipinski definition) is 1. The normalized spacial score (nSPS) is 12.7. The summed E-state index contributed by atoms with van der Waals surface area (Å²) in [6, 6.07) is 8.63. The Balaban J connectivity index is 2.61. The van der Waals surface area contributed by atoms with E-state index >= 15 is 0 Å². The van der Waals surface area contributed by atoms with Crippen LogP contribution in [-0.2, 0) is 10.8 Å². The third-order valence-electron chi connectivity index (χ3n) is 3.39. The lowest BCUT2D eigenvalue weighted by Gasteiger charge is -2.30. The fraction of sp³-hybridized carbons (Fsp3) is 0.471. The molecule has 0 N–H and O–H groups in total. The molecule has 0 aliphatic heterocycles. The second-order valence-corrected chi connectivity index (χ2v) is 7.18. The van der Waals surface area contributed by atoms with E-state index in [0.29, 0.717) is 0 Å². The van der Waals surface area contributed by atoms with Crippen LogP contribution in [-0.4, -0.2) is 9.78 Å². The van der Waals surface area contributed by atoms with Crippen molar-refractivity contribution < 1.29 is 0 Å². The molecule has 2 heteroatoms. The molecule has 1 aromatic carbocycles. The molecule has 102 valence electrons. The van der Waals surface area contributed by atoms with Gasteiger partial charge in [-0.2, -0.15) is 5.10 Å². The second kappa shape index (κ2) is 4.52. The van der Waals surface area contributed by atoms with Gasteiger partial charge in [-0.05, 0) is 40.2 Å². The van der Waals surface area contributed by atoms with Crippen molar-refractivity contribution in [3.05, 3.63) is 47.8 Å². The highest BCUT2D eigenvalue weighted by Crippen LogP contribution is 2.34. The minimum atomic E-state index is 0.131. The largest absolute Gasteiger partial charge is 0.241 e. The van der Waals surface area contributed by atoms with E-state index < -0.39 is 0 Å². The monoisotopic (exact) mass is 256 g/mol. The van der Waals surface area contributed by atoms with E-state index in [0.717, 1.165) is 5.69 Å². The molecular weight excluding hydrogens is 232 g/mol. The molecule has 0 amide bonds. The van der Waals surface area contributed by atoms with E-state index in [2.05, 4.69) is 64.8 Å². The summed E-state index contributed by atoms with van der Waals surface area (Å²) in [6.45, 7) is 13.6. The lowest BCUT2D eigenvalue weighted by atomic mass is 9.75. The highest BCUT2D eigenvalue weighted by Gasteiger charge is 2.25. The molecule has 0 saturated carbocycles. The lowest BCUT2D eigenvalue weighted by Crippen LogP contribution is -2.22. The molecule has 0 saturated heterocycles. The summed E-state index contributed by atoms with van der Waals surface area (Å²) < 4.78 is 1.92. The molecule has 0 spiro atoms. The van der Waals surface area contributed by atoms with Crippen LogP contribution >= 0.6 is 0 Å². The van der Waals surface area contributed by atoms with Crippen molar-refractivity contribution >= 4 is 0 Å². The van der Waals surface area contributed by atoms with Crippen LogP contribution < -0.4 is 0 Å². The Labute approximate surface area is 116 Å². The summed E-state index contributed by atoms with van der Waals surface area (Å²) in [7, 11) is 0. The van der Waals surface area contributed by atoms with Gasteiger partial charge >= 0.3 is 0 Å². The standard InChI is InChI=1S/C17H24N2/c1-16(2,3)14-9-8-13(19-11-7-10-18-19)12-15(14)17(4,5)6/h7-12H,1-6H3. The maximum atomic E-state index is 4.32. The van der Waals surface area contributed by atoms with Gasteiger partial charge in [-0.3, -0.25) is 0 Å². The minimum Gasteiger partial charge on any atom is -0.241 e. The maximum Gasteiger partial charge on any atom is 0.0648 e. The first kappa shape index (κ1) is 13.9. The highest BCUT2D eigenvalue weighted by atomic mass is 15.3. The van der Waals surface area contributed by atoms with Crippen molar-refractivity contribution in [2.24, 2.45) is 0 Å². The summed E-state index contributed by atoms with van der Waals surface area (Å²) in [5.41, 5.74) is 4.23. The maximum absolute atomic E-state index is 4.32. The summed E-state index contributed by atoms with van der Waals surface area (Å²) in [5.74, 6) is 0. The number of benzene rings is 1. The topological polar surface area (TPSA) is 17.8 Å². The molecule has 2 aromatic rings. The second-order valence-electron chi connectivity index (χ2n) is 7.18. The number of aromatic nitrogens is 2. The van der Waals surface area contributed by atoms with E-state index in [4.69, 9.17) is 0 Å². The lowest BCUT2D eigenvalue weighted by molar-refractivity contribution is 0.529. The van der Waals surface area contributed by atoms with Gasteiger partial charge in [-0.1, -0.05) is 47.6 Å². The minimum absolute atomic E-state index is 0.131. The van der Waals surface area contributed by atoms with Gasteiger partial charge in [0.1, 0.15) is 0 Å². The summed E-state index contributed by atoms with van der Waals surface area (Å²) in [4.78, 5) is 0. The van der Waals surface area contributed by atoms with Crippen molar-refractivity contribution in [3.8, 4) is 5.69 Å². The van der Waals surface area contributed by atoms with Gasteiger partial charge in [0.05, 0.1) is 5.69 Å². The number of rotatable bonds is 1. The smallest absolute Gasteiger partial charge is 0.0648 e. The van der Waals surface area contributed by atoms with E-state index in [9.17, 15) is 0 Å². The number of hydrogen-bond donors (Lipinski definition) is 0. The highest BCUT2D eigenvalue weighted by molar-refractivity contribution is 5.46. The van der Waals surface area contributed by atoms with Gasteiger partial charge in [-0.25, -0.2) is 4.68 Å². The van der Waals surface area contributed by atoms with Crippen LogP contribution in [0.5, 0.6) is 0 Å². The quantitative estimate of drug-likeness (QED) is 0.736. The Hall–Kier alpha value is -1.57. The first-order valence-electron chi connectivity index (χ1n) is 6.84. The van der Waals surface area contributed by atoms with Crippen LogP contribution in [0.15, 0.2) is 36.7 Å². The average molecular weight is 256 g/mol. The molecule has 0 atom stereocenters. The third kappa shape index (κ3) is 2.89. The van der Waals surface area contributed by atoms with Crippen molar-refractivity contribution in [3.63, 3.8) is 0 Å². The van der Waals surface area contributed by atoms with Crippen LogP contribution in [0.4, 0.5) is 0 Å². The zero-order valence-corrected chi connectivity index (χ0v) is 12.9. The molecule has 0 aliphatic rings. The SMILES string of the molecule is CC(C)(C)c1ccc(-n2cccn2)cc1C(C)(C)C. The fourth-order valence-corrected chi connectivity index (χ4v) is 2.37. The van der Waals surface area contributed by atoms with Crippen LogP contribution in [0.1, 0.15) is 52.7 Å². The molecule has 2 nitrogen and oxygen atoms in total. The van der Waals surface area contributed by atoms with Gasteiger partial charge in [0, 0.05) is 12.4 Å². The summed E-state index contributed by atoms with van der Waals surface area (Å²) >= 11 is 0. The van der Waals surface area contributed by atoms with Crippen LogP contribution in [0.3, 0.4) is 0 Å². The van der Waals surface area contributed by atoms with Crippen molar-refractivity contribution in [1.82, 2.24) is 9.78 Å². The molecule has 0 unspecified atom stereocenters. The van der Waals surface area contributed by atoms with Gasteiger partial charge in [0.2, 0.25) is 0 Å². The van der Waals surface area contributed by atoms with Crippen LogP contribution in [0.2, 0.25) is 0 Å². The Morgan fingerprint density at radius 2 is 1.53 bits per heavy atom. The molecular formula is C17H24N2. The predicted octanol–water partition coefficient (Wildman–Crippen LogP) is 4.47. The molecule has 19 heavy (non-hydrogen) atoms. The van der Waals surface area contributed by atoms with Crippen LogP contribution in [0.25, 0.3) is 5.69 Å². The Kier molecular flexibility index (Phi) is 3.29. The van der Waals surface area contributed by atoms with Gasteiger partial charge < -0.3 is 0 Å². The Bertz CT molecular complexity index is 552. The molecule has 2 rings (SSSR count). The van der Waals surface area contributed by atoms with Crippen molar-refractivity contribution in [2.75, 3.05) is 0 Å². The van der Waals surface area contributed by atoms with Gasteiger partial charge in [0.15, 0.2) is 0 Å². The van der Waals surface area contributed by atoms with E-state index in [1.165, 1.54) is 11.1 Å². The number of nitrogens with zero attached hydrogens (tertiary/aromatic N) is 2. The summed E-state index contributed by atoms with van der Waals surface area (Å²) in [6.07, 6.45) is 3.80. The average Bonchev–Trinajstić information content (AvgIpc) is 2.79. The zero-order chi connectivity index (χ0) is 14.3. The fourth-order valence-electron chi connectivity index (χ4n) is 2.37. The molecule has 1 heterocycles. The van der Waals surface area contributed by atoms with E-state index in [-0.39, 0.29) is 10.8 Å². The Morgan fingerprint density at radius 3 is 2.00 bits per heavy atom. The molecule has 0 fully saturated rings. The zero-order valence-electron chi connectivity index (χ0n) is 12.9.